The molecule has 0 atom stereocenters. The van der Waals surface area contributed by atoms with E-state index in [-0.39, 0.29) is 17.4 Å². The van der Waals surface area contributed by atoms with Gasteiger partial charge in [-0.3, -0.25) is 14.4 Å². The fourth-order valence-corrected chi connectivity index (χ4v) is 2.56. The van der Waals surface area contributed by atoms with Crippen LogP contribution in [0.1, 0.15) is 10.4 Å². The highest BCUT2D eigenvalue weighted by Crippen LogP contribution is 2.18. The standard InChI is InChI=1S/C20H17N3O3/c1-3-18(24)23(2)16-8-5-14(6-9-16)19(25)22-15-7-4-13-10-11-21-20(26)17(13)12-15/h3-12H,1H2,2H3,(H,21,26)(H,22,25). The van der Waals surface area contributed by atoms with Crippen molar-refractivity contribution in [2.75, 3.05) is 17.3 Å². The molecule has 130 valence electrons. The van der Waals surface area contributed by atoms with E-state index in [2.05, 4.69) is 16.9 Å². The van der Waals surface area contributed by atoms with Crippen LogP contribution >= 0.6 is 0 Å². The Balaban J connectivity index is 1.80. The number of H-pyrrole nitrogens is 1. The molecule has 3 rings (SSSR count). The molecule has 2 aromatic carbocycles. The zero-order chi connectivity index (χ0) is 18.7. The van der Waals surface area contributed by atoms with Crippen molar-refractivity contribution < 1.29 is 9.59 Å². The number of pyridine rings is 1. The van der Waals surface area contributed by atoms with Crippen molar-refractivity contribution in [3.05, 3.63) is 83.3 Å². The number of carbonyl (C=O) groups is 2. The van der Waals surface area contributed by atoms with Gasteiger partial charge in [-0.1, -0.05) is 12.6 Å². The molecule has 0 spiro atoms. The van der Waals surface area contributed by atoms with Gasteiger partial charge in [0.1, 0.15) is 0 Å². The van der Waals surface area contributed by atoms with E-state index in [1.54, 1.807) is 61.8 Å². The van der Waals surface area contributed by atoms with Gasteiger partial charge in [0, 0.05) is 35.6 Å². The van der Waals surface area contributed by atoms with Gasteiger partial charge in [0.25, 0.3) is 11.5 Å². The van der Waals surface area contributed by atoms with E-state index in [9.17, 15) is 14.4 Å². The SMILES string of the molecule is C=CC(=O)N(C)c1ccc(C(=O)Nc2ccc3cc[nH]c(=O)c3c2)cc1. The Kier molecular flexibility index (Phi) is 4.66. The number of hydrogen-bond acceptors (Lipinski definition) is 3. The maximum Gasteiger partial charge on any atom is 0.255 e. The summed E-state index contributed by atoms with van der Waals surface area (Å²) in [6.45, 7) is 3.45. The summed E-state index contributed by atoms with van der Waals surface area (Å²) in [5.74, 6) is -0.537. The first-order valence-corrected chi connectivity index (χ1v) is 7.92. The molecule has 1 heterocycles. The van der Waals surface area contributed by atoms with Gasteiger partial charge in [0.2, 0.25) is 5.91 Å². The molecule has 0 saturated heterocycles. The molecule has 6 heteroatoms. The zero-order valence-electron chi connectivity index (χ0n) is 14.2. The number of amides is 2. The zero-order valence-corrected chi connectivity index (χ0v) is 14.2. The van der Waals surface area contributed by atoms with E-state index < -0.39 is 0 Å². The van der Waals surface area contributed by atoms with Crippen molar-refractivity contribution >= 4 is 34.0 Å². The molecule has 0 fully saturated rings. The summed E-state index contributed by atoms with van der Waals surface area (Å²) in [6.07, 6.45) is 2.81. The van der Waals surface area contributed by atoms with E-state index in [0.29, 0.717) is 22.3 Å². The average Bonchev–Trinajstić information content (AvgIpc) is 2.67. The Morgan fingerprint density at radius 1 is 1.12 bits per heavy atom. The van der Waals surface area contributed by atoms with Crippen LogP contribution in [0, 0.1) is 0 Å². The van der Waals surface area contributed by atoms with E-state index in [1.165, 1.54) is 11.0 Å². The lowest BCUT2D eigenvalue weighted by atomic mass is 10.1. The van der Waals surface area contributed by atoms with Crippen LogP contribution < -0.4 is 15.8 Å². The lowest BCUT2D eigenvalue weighted by Gasteiger charge is -2.15. The number of aromatic nitrogens is 1. The molecular weight excluding hydrogens is 330 g/mol. The predicted molar refractivity (Wildman–Crippen MR) is 103 cm³/mol. The first-order chi connectivity index (χ1) is 12.5. The molecule has 0 aliphatic heterocycles. The number of aromatic amines is 1. The fraction of sp³-hybridized carbons (Fsp3) is 0.0500. The smallest absolute Gasteiger partial charge is 0.255 e. The number of hydrogen-bond donors (Lipinski definition) is 2. The number of anilines is 2. The van der Waals surface area contributed by atoms with Crippen molar-refractivity contribution in [3.63, 3.8) is 0 Å². The Labute approximate surface area is 149 Å². The lowest BCUT2D eigenvalue weighted by Crippen LogP contribution is -2.23. The second-order valence-corrected chi connectivity index (χ2v) is 5.71. The van der Waals surface area contributed by atoms with Crippen LogP contribution in [0.25, 0.3) is 10.8 Å². The fourth-order valence-electron chi connectivity index (χ4n) is 2.56. The Bertz CT molecular complexity index is 1050. The summed E-state index contributed by atoms with van der Waals surface area (Å²) in [7, 11) is 1.63. The molecule has 0 bridgehead atoms. The first-order valence-electron chi connectivity index (χ1n) is 7.92. The molecule has 3 aromatic rings. The van der Waals surface area contributed by atoms with Crippen molar-refractivity contribution in [3.8, 4) is 0 Å². The number of nitrogens with one attached hydrogen (secondary N) is 2. The molecule has 0 aliphatic rings. The van der Waals surface area contributed by atoms with E-state index >= 15 is 0 Å². The van der Waals surface area contributed by atoms with Gasteiger partial charge in [0.05, 0.1) is 0 Å². The number of rotatable bonds is 4. The second-order valence-electron chi connectivity index (χ2n) is 5.71. The third-order valence-corrected chi connectivity index (χ3v) is 4.06. The molecule has 1 aromatic heterocycles. The molecule has 0 aliphatic carbocycles. The molecule has 0 radical (unpaired) electrons. The van der Waals surface area contributed by atoms with Crippen molar-refractivity contribution in [1.29, 1.82) is 0 Å². The molecular formula is C20H17N3O3. The summed E-state index contributed by atoms with van der Waals surface area (Å²) in [5, 5.41) is 4.07. The van der Waals surface area contributed by atoms with Gasteiger partial charge in [-0.25, -0.2) is 0 Å². The summed E-state index contributed by atoms with van der Waals surface area (Å²) in [5.41, 5.74) is 1.42. The topological polar surface area (TPSA) is 82.3 Å². The van der Waals surface area contributed by atoms with Crippen LogP contribution in [0.15, 0.2) is 72.2 Å². The van der Waals surface area contributed by atoms with Crippen LogP contribution in [-0.2, 0) is 4.79 Å². The third kappa shape index (κ3) is 3.39. The molecule has 6 nitrogen and oxygen atoms in total. The number of fused-ring (bicyclic) bond motifs is 1. The van der Waals surface area contributed by atoms with Crippen LogP contribution in [0.5, 0.6) is 0 Å². The van der Waals surface area contributed by atoms with Gasteiger partial charge in [0.15, 0.2) is 0 Å². The van der Waals surface area contributed by atoms with Crippen molar-refractivity contribution in [2.45, 2.75) is 0 Å². The minimum atomic E-state index is -0.305. The van der Waals surface area contributed by atoms with Crippen LogP contribution in [0.4, 0.5) is 11.4 Å². The number of nitrogens with zero attached hydrogens (tertiary/aromatic N) is 1. The summed E-state index contributed by atoms with van der Waals surface area (Å²) < 4.78 is 0. The van der Waals surface area contributed by atoms with E-state index in [0.717, 1.165) is 5.39 Å². The van der Waals surface area contributed by atoms with Crippen molar-refractivity contribution in [2.24, 2.45) is 0 Å². The van der Waals surface area contributed by atoms with Gasteiger partial charge in [-0.2, -0.15) is 0 Å². The van der Waals surface area contributed by atoms with Gasteiger partial charge in [-0.05, 0) is 53.9 Å². The lowest BCUT2D eigenvalue weighted by molar-refractivity contribution is -0.113. The van der Waals surface area contributed by atoms with Crippen LogP contribution in [0.3, 0.4) is 0 Å². The Morgan fingerprint density at radius 2 is 1.85 bits per heavy atom. The summed E-state index contributed by atoms with van der Waals surface area (Å²) in [4.78, 5) is 39.9. The highest BCUT2D eigenvalue weighted by atomic mass is 16.2. The monoisotopic (exact) mass is 347 g/mol. The molecule has 2 amide bonds. The summed E-state index contributed by atoms with van der Waals surface area (Å²) >= 11 is 0. The molecule has 26 heavy (non-hydrogen) atoms. The minimum Gasteiger partial charge on any atom is -0.329 e. The average molecular weight is 347 g/mol. The van der Waals surface area contributed by atoms with E-state index in [1.807, 2.05) is 0 Å². The quantitative estimate of drug-likeness (QED) is 0.712. The number of likely N-dealkylation sites (N-methyl/N-ethyl adjacent to an activating group) is 1. The van der Waals surface area contributed by atoms with Gasteiger partial charge < -0.3 is 15.2 Å². The van der Waals surface area contributed by atoms with Crippen LogP contribution in [-0.4, -0.2) is 23.8 Å². The van der Waals surface area contributed by atoms with Crippen LogP contribution in [0.2, 0.25) is 0 Å². The Morgan fingerprint density at radius 3 is 2.54 bits per heavy atom. The third-order valence-electron chi connectivity index (χ3n) is 4.06. The highest BCUT2D eigenvalue weighted by Gasteiger charge is 2.10. The molecule has 2 N–H and O–H groups in total. The summed E-state index contributed by atoms with van der Waals surface area (Å²) in [6, 6.07) is 13.6. The predicted octanol–water partition coefficient (Wildman–Crippen LogP) is 2.93. The van der Waals surface area contributed by atoms with Crippen molar-refractivity contribution in [1.82, 2.24) is 4.98 Å². The normalized spacial score (nSPS) is 10.3. The maximum absolute atomic E-state index is 12.4. The Hall–Kier alpha value is -3.67. The number of benzene rings is 2. The van der Waals surface area contributed by atoms with E-state index in [4.69, 9.17) is 0 Å². The molecule has 0 saturated carbocycles. The van der Waals surface area contributed by atoms with Gasteiger partial charge >= 0.3 is 0 Å². The molecule has 0 unspecified atom stereocenters. The first kappa shape index (κ1) is 17.2. The second kappa shape index (κ2) is 7.06. The maximum atomic E-state index is 12.4. The minimum absolute atomic E-state index is 0.210. The highest BCUT2D eigenvalue weighted by molar-refractivity contribution is 6.06. The largest absolute Gasteiger partial charge is 0.329 e. The number of carbonyl (C=O) groups excluding carboxylic acids is 2. The van der Waals surface area contributed by atoms with Gasteiger partial charge in [-0.15, -0.1) is 0 Å².